The van der Waals surface area contributed by atoms with E-state index >= 15 is 0 Å². The summed E-state index contributed by atoms with van der Waals surface area (Å²) in [5.74, 6) is 0.535. The predicted octanol–water partition coefficient (Wildman–Crippen LogP) is 2.11. The zero-order valence-electron chi connectivity index (χ0n) is 11.0. The van der Waals surface area contributed by atoms with Crippen LogP contribution in [0.1, 0.15) is 25.3 Å². The van der Waals surface area contributed by atoms with Gasteiger partial charge in [0.2, 0.25) is 0 Å². The van der Waals surface area contributed by atoms with Gasteiger partial charge in [0.25, 0.3) is 0 Å². The molecule has 100 valence electrons. The van der Waals surface area contributed by atoms with E-state index in [4.69, 9.17) is 15.2 Å². The van der Waals surface area contributed by atoms with Crippen molar-refractivity contribution in [1.82, 2.24) is 0 Å². The summed E-state index contributed by atoms with van der Waals surface area (Å²) in [5.41, 5.74) is 6.36. The molecule has 0 fully saturated rings. The molecule has 0 aliphatic heterocycles. The first-order valence-corrected chi connectivity index (χ1v) is 6.17. The van der Waals surface area contributed by atoms with E-state index in [9.17, 15) is 4.79 Å². The molecule has 0 aromatic heterocycles. The van der Waals surface area contributed by atoms with Gasteiger partial charge in [-0.2, -0.15) is 0 Å². The minimum atomic E-state index is -0.167. The van der Waals surface area contributed by atoms with Crippen molar-refractivity contribution >= 4 is 5.97 Å². The number of nitrogens with two attached hydrogens (primary N) is 1. The Kier molecular flexibility index (Phi) is 6.22. The summed E-state index contributed by atoms with van der Waals surface area (Å²) in [6.45, 7) is 2.78. The minimum absolute atomic E-state index is 0.0909. The Labute approximate surface area is 108 Å². The lowest BCUT2D eigenvalue weighted by atomic mass is 10.1. The van der Waals surface area contributed by atoms with Gasteiger partial charge in [0.15, 0.2) is 0 Å². The zero-order chi connectivity index (χ0) is 13.4. The molecule has 1 rings (SSSR count). The van der Waals surface area contributed by atoms with Crippen LogP contribution in [0, 0.1) is 5.92 Å². The summed E-state index contributed by atoms with van der Waals surface area (Å²) in [5, 5.41) is 0. The number of hydrogen-bond donors (Lipinski definition) is 1. The topological polar surface area (TPSA) is 61.5 Å². The molecule has 1 unspecified atom stereocenters. The second kappa shape index (κ2) is 7.71. The Morgan fingerprint density at radius 2 is 2.00 bits per heavy atom. The van der Waals surface area contributed by atoms with Gasteiger partial charge in [0, 0.05) is 0 Å². The molecular weight excluding hydrogens is 230 g/mol. The maximum Gasteiger partial charge on any atom is 0.308 e. The van der Waals surface area contributed by atoms with Crippen LogP contribution < -0.4 is 10.5 Å². The molecule has 18 heavy (non-hydrogen) atoms. The lowest BCUT2D eigenvalue weighted by Gasteiger charge is -2.11. The fraction of sp³-hybridized carbons (Fsp3) is 0.500. The molecule has 0 bridgehead atoms. The van der Waals surface area contributed by atoms with Crippen LogP contribution in [0.25, 0.3) is 0 Å². The maximum atomic E-state index is 11.7. The van der Waals surface area contributed by atoms with Crippen molar-refractivity contribution in [1.29, 1.82) is 0 Å². The summed E-state index contributed by atoms with van der Waals surface area (Å²) in [4.78, 5) is 11.7. The highest BCUT2D eigenvalue weighted by molar-refractivity contribution is 5.71. The fourth-order valence-electron chi connectivity index (χ4n) is 1.56. The molecule has 0 radical (unpaired) electrons. The molecule has 1 aromatic rings. The van der Waals surface area contributed by atoms with Crippen molar-refractivity contribution in [3.05, 3.63) is 29.8 Å². The lowest BCUT2D eigenvalue weighted by Crippen LogP contribution is -2.16. The van der Waals surface area contributed by atoms with E-state index in [2.05, 4.69) is 0 Å². The highest BCUT2D eigenvalue weighted by Gasteiger charge is 2.13. The first kappa shape index (κ1) is 14.5. The van der Waals surface area contributed by atoms with Crippen molar-refractivity contribution < 1.29 is 14.3 Å². The van der Waals surface area contributed by atoms with Gasteiger partial charge in [0.05, 0.1) is 13.0 Å². The van der Waals surface area contributed by atoms with Gasteiger partial charge in [-0.1, -0.05) is 19.1 Å². The third-order valence-corrected chi connectivity index (χ3v) is 2.78. The number of esters is 1. The Morgan fingerprint density at radius 3 is 2.56 bits per heavy atom. The van der Waals surface area contributed by atoms with E-state index in [0.29, 0.717) is 13.2 Å². The van der Waals surface area contributed by atoms with Gasteiger partial charge in [-0.3, -0.25) is 4.79 Å². The Morgan fingerprint density at radius 1 is 1.33 bits per heavy atom. The summed E-state index contributed by atoms with van der Waals surface area (Å²) in [6.07, 6.45) is 1.62. The van der Waals surface area contributed by atoms with Crippen molar-refractivity contribution in [3.8, 4) is 5.75 Å². The molecule has 4 heteroatoms. The van der Waals surface area contributed by atoms with Gasteiger partial charge in [0.1, 0.15) is 12.4 Å². The van der Waals surface area contributed by atoms with Crippen LogP contribution in [-0.4, -0.2) is 19.6 Å². The first-order chi connectivity index (χ1) is 8.67. The Bertz CT molecular complexity index is 362. The largest absolute Gasteiger partial charge is 0.497 e. The van der Waals surface area contributed by atoms with Gasteiger partial charge in [-0.15, -0.1) is 0 Å². The normalized spacial score (nSPS) is 11.9. The molecule has 2 N–H and O–H groups in total. The maximum absolute atomic E-state index is 11.7. The smallest absolute Gasteiger partial charge is 0.308 e. The van der Waals surface area contributed by atoms with E-state index in [1.807, 2.05) is 31.2 Å². The summed E-state index contributed by atoms with van der Waals surface area (Å²) in [6, 6.07) is 7.47. The standard InChI is InChI=1S/C14H21NO3/c1-11(4-3-9-15)14(16)18-10-12-5-7-13(17-2)8-6-12/h5-8,11H,3-4,9-10,15H2,1-2H3. The SMILES string of the molecule is COc1ccc(COC(=O)C(C)CCCN)cc1. The van der Waals surface area contributed by atoms with Crippen LogP contribution >= 0.6 is 0 Å². The van der Waals surface area contributed by atoms with E-state index in [-0.39, 0.29) is 11.9 Å². The number of carbonyl (C=O) groups excluding carboxylic acids is 1. The molecule has 4 nitrogen and oxygen atoms in total. The molecular formula is C14H21NO3. The second-order valence-corrected chi connectivity index (χ2v) is 4.29. The average molecular weight is 251 g/mol. The number of hydrogen-bond acceptors (Lipinski definition) is 4. The van der Waals surface area contributed by atoms with Gasteiger partial charge < -0.3 is 15.2 Å². The number of ether oxygens (including phenoxy) is 2. The van der Waals surface area contributed by atoms with Crippen molar-refractivity contribution in [3.63, 3.8) is 0 Å². The second-order valence-electron chi connectivity index (χ2n) is 4.29. The van der Waals surface area contributed by atoms with Gasteiger partial charge in [-0.05, 0) is 37.1 Å². The molecule has 0 amide bonds. The molecule has 0 aliphatic rings. The summed E-state index contributed by atoms with van der Waals surface area (Å²) in [7, 11) is 1.62. The van der Waals surface area contributed by atoms with E-state index in [0.717, 1.165) is 24.2 Å². The predicted molar refractivity (Wildman–Crippen MR) is 70.2 cm³/mol. The molecule has 1 aromatic carbocycles. The summed E-state index contributed by atoms with van der Waals surface area (Å²) < 4.78 is 10.3. The first-order valence-electron chi connectivity index (χ1n) is 6.17. The zero-order valence-corrected chi connectivity index (χ0v) is 11.0. The van der Waals surface area contributed by atoms with E-state index in [1.165, 1.54) is 0 Å². The molecule has 0 heterocycles. The average Bonchev–Trinajstić information content (AvgIpc) is 2.42. The quantitative estimate of drug-likeness (QED) is 0.754. The minimum Gasteiger partial charge on any atom is -0.497 e. The molecule has 0 saturated heterocycles. The molecule has 0 spiro atoms. The van der Waals surface area contributed by atoms with E-state index < -0.39 is 0 Å². The summed E-state index contributed by atoms with van der Waals surface area (Å²) >= 11 is 0. The highest BCUT2D eigenvalue weighted by Crippen LogP contribution is 2.13. The van der Waals surface area contributed by atoms with Crippen molar-refractivity contribution in [2.75, 3.05) is 13.7 Å². The van der Waals surface area contributed by atoms with E-state index in [1.54, 1.807) is 7.11 Å². The number of carbonyl (C=O) groups is 1. The Hall–Kier alpha value is -1.55. The van der Waals surface area contributed by atoms with Crippen LogP contribution in [0.5, 0.6) is 5.75 Å². The fourth-order valence-corrected chi connectivity index (χ4v) is 1.56. The van der Waals surface area contributed by atoms with Gasteiger partial charge >= 0.3 is 5.97 Å². The van der Waals surface area contributed by atoms with Crippen LogP contribution in [0.15, 0.2) is 24.3 Å². The lowest BCUT2D eigenvalue weighted by molar-refractivity contribution is -0.149. The molecule has 0 aliphatic carbocycles. The van der Waals surface area contributed by atoms with Crippen molar-refractivity contribution in [2.45, 2.75) is 26.4 Å². The van der Waals surface area contributed by atoms with Crippen molar-refractivity contribution in [2.24, 2.45) is 11.7 Å². The number of rotatable bonds is 7. The van der Waals surface area contributed by atoms with Crippen LogP contribution in [0.4, 0.5) is 0 Å². The highest BCUT2D eigenvalue weighted by atomic mass is 16.5. The number of benzene rings is 1. The van der Waals surface area contributed by atoms with Crippen LogP contribution in [0.2, 0.25) is 0 Å². The molecule has 0 saturated carbocycles. The monoisotopic (exact) mass is 251 g/mol. The van der Waals surface area contributed by atoms with Crippen LogP contribution in [0.3, 0.4) is 0 Å². The molecule has 1 atom stereocenters. The number of methoxy groups -OCH3 is 1. The van der Waals surface area contributed by atoms with Gasteiger partial charge in [-0.25, -0.2) is 0 Å². The van der Waals surface area contributed by atoms with Crippen LogP contribution in [-0.2, 0) is 16.1 Å². The third kappa shape index (κ3) is 4.75. The Balaban J connectivity index is 2.37. The third-order valence-electron chi connectivity index (χ3n) is 2.78.